The minimum atomic E-state index is 0.629. The maximum absolute atomic E-state index is 5.54. The molecule has 3 heteroatoms. The molecule has 0 aromatic heterocycles. The molecular formula is C14H20N2O. The van der Waals surface area contributed by atoms with Crippen LogP contribution in [0.1, 0.15) is 11.1 Å². The van der Waals surface area contributed by atoms with Gasteiger partial charge in [-0.05, 0) is 30.7 Å². The molecule has 1 aromatic rings. The second kappa shape index (κ2) is 4.67. The van der Waals surface area contributed by atoms with Gasteiger partial charge in [-0.25, -0.2) is 0 Å². The fourth-order valence-electron chi connectivity index (χ4n) is 2.73. The van der Waals surface area contributed by atoms with E-state index in [0.29, 0.717) is 6.04 Å². The average molecular weight is 232 g/mol. The second-order valence-corrected chi connectivity index (χ2v) is 5.08. The van der Waals surface area contributed by atoms with Crippen LogP contribution in [0.3, 0.4) is 0 Å². The number of ether oxygens (including phenoxy) is 1. The molecule has 1 atom stereocenters. The molecule has 2 heterocycles. The first kappa shape index (κ1) is 11.1. The predicted molar refractivity (Wildman–Crippen MR) is 68.6 cm³/mol. The molecule has 17 heavy (non-hydrogen) atoms. The number of fused-ring (bicyclic) bond motifs is 1. The third-order valence-electron chi connectivity index (χ3n) is 3.87. The fourth-order valence-corrected chi connectivity index (χ4v) is 2.73. The van der Waals surface area contributed by atoms with Crippen molar-refractivity contribution in [2.24, 2.45) is 0 Å². The first-order valence-corrected chi connectivity index (χ1v) is 6.48. The van der Waals surface area contributed by atoms with Crippen LogP contribution in [-0.2, 0) is 12.8 Å². The second-order valence-electron chi connectivity index (χ2n) is 5.08. The van der Waals surface area contributed by atoms with E-state index in [0.717, 1.165) is 44.8 Å². The van der Waals surface area contributed by atoms with Crippen LogP contribution < -0.4 is 10.1 Å². The topological polar surface area (TPSA) is 24.5 Å². The predicted octanol–water partition coefficient (Wildman–Crippen LogP) is 1.07. The highest BCUT2D eigenvalue weighted by Gasteiger charge is 2.20. The van der Waals surface area contributed by atoms with Crippen LogP contribution >= 0.6 is 0 Å². The van der Waals surface area contributed by atoms with Gasteiger partial charge in [0.15, 0.2) is 0 Å². The van der Waals surface area contributed by atoms with Crippen LogP contribution in [0.4, 0.5) is 0 Å². The zero-order valence-electron chi connectivity index (χ0n) is 10.4. The Kier molecular flexibility index (Phi) is 3.04. The number of piperazine rings is 1. The third-order valence-corrected chi connectivity index (χ3v) is 3.87. The Morgan fingerprint density at radius 1 is 1.47 bits per heavy atom. The lowest BCUT2D eigenvalue weighted by Gasteiger charge is -2.33. The summed E-state index contributed by atoms with van der Waals surface area (Å²) in [6.45, 7) is 4.22. The van der Waals surface area contributed by atoms with E-state index in [-0.39, 0.29) is 0 Å². The summed E-state index contributed by atoms with van der Waals surface area (Å²) in [5.74, 6) is 1.09. The van der Waals surface area contributed by atoms with Crippen molar-refractivity contribution >= 4 is 0 Å². The minimum Gasteiger partial charge on any atom is -0.493 e. The summed E-state index contributed by atoms with van der Waals surface area (Å²) in [7, 11) is 2.22. The van der Waals surface area contributed by atoms with Crippen molar-refractivity contribution in [2.45, 2.75) is 18.9 Å². The van der Waals surface area contributed by atoms with Gasteiger partial charge in [0, 0.05) is 32.1 Å². The average Bonchev–Trinajstić information content (AvgIpc) is 2.79. The molecule has 0 spiro atoms. The molecule has 0 amide bonds. The normalized spacial score (nSPS) is 24.4. The lowest BCUT2D eigenvalue weighted by atomic mass is 10.0. The Morgan fingerprint density at radius 3 is 3.29 bits per heavy atom. The Hall–Kier alpha value is -1.06. The van der Waals surface area contributed by atoms with E-state index in [1.54, 1.807) is 0 Å². The monoisotopic (exact) mass is 232 g/mol. The number of nitrogens with zero attached hydrogens (tertiary/aromatic N) is 1. The molecule has 1 fully saturated rings. The lowest BCUT2D eigenvalue weighted by Crippen LogP contribution is -2.50. The van der Waals surface area contributed by atoms with Gasteiger partial charge in [-0.2, -0.15) is 0 Å². The molecule has 92 valence electrons. The molecule has 1 saturated heterocycles. The first-order valence-electron chi connectivity index (χ1n) is 6.48. The van der Waals surface area contributed by atoms with Crippen LogP contribution in [0.25, 0.3) is 0 Å². The van der Waals surface area contributed by atoms with Crippen molar-refractivity contribution < 1.29 is 4.74 Å². The van der Waals surface area contributed by atoms with Gasteiger partial charge >= 0.3 is 0 Å². The van der Waals surface area contributed by atoms with E-state index in [2.05, 4.69) is 35.5 Å². The Bertz CT molecular complexity index is 405. The fraction of sp³-hybridized carbons (Fsp3) is 0.571. The van der Waals surface area contributed by atoms with E-state index in [4.69, 9.17) is 4.74 Å². The maximum Gasteiger partial charge on any atom is 0.122 e. The van der Waals surface area contributed by atoms with Crippen LogP contribution in [0.15, 0.2) is 18.2 Å². The van der Waals surface area contributed by atoms with Gasteiger partial charge in [-0.3, -0.25) is 0 Å². The largest absolute Gasteiger partial charge is 0.493 e. The summed E-state index contributed by atoms with van der Waals surface area (Å²) in [6.07, 6.45) is 2.21. The van der Waals surface area contributed by atoms with Crippen LogP contribution in [0, 0.1) is 0 Å². The Labute approximate surface area is 103 Å². The Morgan fingerprint density at radius 2 is 2.41 bits per heavy atom. The van der Waals surface area contributed by atoms with Crippen LogP contribution in [0.5, 0.6) is 5.75 Å². The summed E-state index contributed by atoms with van der Waals surface area (Å²) in [5, 5.41) is 3.47. The molecule has 0 bridgehead atoms. The number of nitrogens with one attached hydrogen (secondary N) is 1. The van der Waals surface area contributed by atoms with Crippen LogP contribution in [-0.4, -0.2) is 44.2 Å². The molecule has 0 saturated carbocycles. The molecule has 3 nitrogen and oxygen atoms in total. The highest BCUT2D eigenvalue weighted by Crippen LogP contribution is 2.26. The molecule has 1 aromatic carbocycles. The summed E-state index contributed by atoms with van der Waals surface area (Å²) < 4.78 is 5.54. The summed E-state index contributed by atoms with van der Waals surface area (Å²) in [5.41, 5.74) is 2.82. The van der Waals surface area contributed by atoms with Crippen molar-refractivity contribution in [3.05, 3.63) is 29.3 Å². The standard InChI is InChI=1S/C14H20N2O/c1-16-6-5-15-10-13(16)9-11-2-3-14-12(8-11)4-7-17-14/h2-3,8,13,15H,4-7,9-10H2,1H3. The molecule has 3 rings (SSSR count). The van der Waals surface area contributed by atoms with Crippen molar-refractivity contribution in [1.29, 1.82) is 0 Å². The number of rotatable bonds is 2. The van der Waals surface area contributed by atoms with Crippen molar-refractivity contribution in [2.75, 3.05) is 33.3 Å². The first-order chi connectivity index (χ1) is 8.33. The molecule has 2 aliphatic heterocycles. The number of benzene rings is 1. The van der Waals surface area contributed by atoms with E-state index < -0.39 is 0 Å². The molecule has 0 aliphatic carbocycles. The van der Waals surface area contributed by atoms with Crippen LogP contribution in [0.2, 0.25) is 0 Å². The quantitative estimate of drug-likeness (QED) is 0.825. The van der Waals surface area contributed by atoms with Gasteiger partial charge in [0.2, 0.25) is 0 Å². The SMILES string of the molecule is CN1CCNCC1Cc1ccc2c(c1)CCO2. The van der Waals surface area contributed by atoms with Gasteiger partial charge in [-0.1, -0.05) is 12.1 Å². The summed E-state index contributed by atoms with van der Waals surface area (Å²) >= 11 is 0. The Balaban J connectivity index is 1.72. The maximum atomic E-state index is 5.54. The van der Waals surface area contributed by atoms with Gasteiger partial charge < -0.3 is 15.0 Å². The smallest absolute Gasteiger partial charge is 0.122 e. The highest BCUT2D eigenvalue weighted by molar-refractivity contribution is 5.40. The molecule has 2 aliphatic rings. The molecular weight excluding hydrogens is 212 g/mol. The lowest BCUT2D eigenvalue weighted by molar-refractivity contribution is 0.199. The highest BCUT2D eigenvalue weighted by atomic mass is 16.5. The summed E-state index contributed by atoms with van der Waals surface area (Å²) in [6, 6.07) is 7.30. The molecule has 0 radical (unpaired) electrons. The van der Waals surface area contributed by atoms with E-state index in [1.807, 2.05) is 0 Å². The van der Waals surface area contributed by atoms with E-state index in [1.165, 1.54) is 11.1 Å². The van der Waals surface area contributed by atoms with E-state index >= 15 is 0 Å². The zero-order valence-corrected chi connectivity index (χ0v) is 10.4. The van der Waals surface area contributed by atoms with E-state index in [9.17, 15) is 0 Å². The number of likely N-dealkylation sites (N-methyl/N-ethyl adjacent to an activating group) is 1. The molecule has 1 N–H and O–H groups in total. The van der Waals surface area contributed by atoms with Gasteiger partial charge in [0.05, 0.1) is 6.61 Å². The number of hydrogen-bond donors (Lipinski definition) is 1. The number of hydrogen-bond acceptors (Lipinski definition) is 3. The molecule has 1 unspecified atom stereocenters. The summed E-state index contributed by atoms with van der Waals surface area (Å²) in [4.78, 5) is 2.46. The zero-order chi connectivity index (χ0) is 11.7. The van der Waals surface area contributed by atoms with Gasteiger partial charge in [0.1, 0.15) is 5.75 Å². The van der Waals surface area contributed by atoms with Crippen molar-refractivity contribution in [3.8, 4) is 5.75 Å². The van der Waals surface area contributed by atoms with Crippen molar-refractivity contribution in [1.82, 2.24) is 10.2 Å². The van der Waals surface area contributed by atoms with Gasteiger partial charge in [-0.15, -0.1) is 0 Å². The third kappa shape index (κ3) is 2.31. The van der Waals surface area contributed by atoms with Crippen molar-refractivity contribution in [3.63, 3.8) is 0 Å². The van der Waals surface area contributed by atoms with Gasteiger partial charge in [0.25, 0.3) is 0 Å². The minimum absolute atomic E-state index is 0.629.